The normalized spacial score (nSPS) is 17.4. The van der Waals surface area contributed by atoms with Gasteiger partial charge in [0.25, 0.3) is 11.7 Å². The summed E-state index contributed by atoms with van der Waals surface area (Å²) in [6.07, 6.45) is 0. The minimum atomic E-state index is -0.859. The Morgan fingerprint density at radius 2 is 1.71 bits per heavy atom. The van der Waals surface area contributed by atoms with Gasteiger partial charge in [-0.05, 0) is 66.9 Å². The molecule has 1 unspecified atom stereocenters. The van der Waals surface area contributed by atoms with Gasteiger partial charge in [0.05, 0.1) is 18.2 Å². The van der Waals surface area contributed by atoms with Crippen LogP contribution in [0.4, 0.5) is 10.1 Å². The first kappa shape index (κ1) is 23.2. The number of hydrogen-bond donors (Lipinski definition) is 1. The minimum absolute atomic E-state index is 0.0178. The average Bonchev–Trinajstić information content (AvgIpc) is 3.08. The summed E-state index contributed by atoms with van der Waals surface area (Å²) < 4.78 is 19.2. The molecule has 0 aliphatic carbocycles. The molecule has 3 aromatic carbocycles. The van der Waals surface area contributed by atoms with E-state index in [1.54, 1.807) is 30.3 Å². The summed E-state index contributed by atoms with van der Waals surface area (Å²) in [4.78, 5) is 27.6. The van der Waals surface area contributed by atoms with Crippen molar-refractivity contribution in [3.63, 3.8) is 0 Å². The number of carbonyl (C=O) groups is 2. The number of ketones is 1. The fourth-order valence-corrected chi connectivity index (χ4v) is 3.98. The summed E-state index contributed by atoms with van der Waals surface area (Å²) in [5.74, 6) is -1.29. The van der Waals surface area contributed by atoms with E-state index in [4.69, 9.17) is 4.74 Å². The van der Waals surface area contributed by atoms with Gasteiger partial charge in [-0.1, -0.05) is 43.7 Å². The quantitative estimate of drug-likeness (QED) is 0.288. The van der Waals surface area contributed by atoms with Crippen LogP contribution >= 0.6 is 0 Å². The lowest BCUT2D eigenvalue weighted by atomic mass is 9.94. The highest BCUT2D eigenvalue weighted by Gasteiger charge is 2.47. The molecular formula is C28H26FNO4. The molecule has 174 valence electrons. The van der Waals surface area contributed by atoms with E-state index in [1.807, 2.05) is 39.0 Å². The Kier molecular flexibility index (Phi) is 6.50. The highest BCUT2D eigenvalue weighted by molar-refractivity contribution is 6.51. The number of aliphatic hydroxyl groups excluding tert-OH is 1. The third-order valence-corrected chi connectivity index (χ3v) is 5.62. The number of aliphatic hydroxyl groups is 1. The van der Waals surface area contributed by atoms with E-state index in [2.05, 4.69) is 0 Å². The molecule has 34 heavy (non-hydrogen) atoms. The second-order valence-electron chi connectivity index (χ2n) is 8.79. The predicted molar refractivity (Wildman–Crippen MR) is 129 cm³/mol. The third-order valence-electron chi connectivity index (χ3n) is 5.62. The highest BCUT2D eigenvalue weighted by Crippen LogP contribution is 2.42. The maximum Gasteiger partial charge on any atom is 0.300 e. The number of carbonyl (C=O) groups excluding carboxylic acids is 2. The number of amides is 1. The van der Waals surface area contributed by atoms with E-state index in [0.717, 1.165) is 5.56 Å². The van der Waals surface area contributed by atoms with Crippen LogP contribution in [0.2, 0.25) is 0 Å². The zero-order valence-corrected chi connectivity index (χ0v) is 19.3. The number of ether oxygens (including phenoxy) is 1. The van der Waals surface area contributed by atoms with Crippen LogP contribution in [0.5, 0.6) is 5.75 Å². The first-order chi connectivity index (χ1) is 16.3. The van der Waals surface area contributed by atoms with Gasteiger partial charge in [-0.25, -0.2) is 4.39 Å². The van der Waals surface area contributed by atoms with Crippen molar-refractivity contribution in [2.24, 2.45) is 5.92 Å². The number of nitrogens with zero attached hydrogens (tertiary/aromatic N) is 1. The number of anilines is 1. The van der Waals surface area contributed by atoms with Crippen LogP contribution in [0.15, 0.2) is 78.4 Å². The Bertz CT molecular complexity index is 1250. The van der Waals surface area contributed by atoms with E-state index in [0.29, 0.717) is 35.1 Å². The number of benzene rings is 3. The molecule has 0 bridgehead atoms. The van der Waals surface area contributed by atoms with Crippen LogP contribution in [-0.4, -0.2) is 23.4 Å². The highest BCUT2D eigenvalue weighted by atomic mass is 19.1. The van der Waals surface area contributed by atoms with Crippen LogP contribution < -0.4 is 9.64 Å². The van der Waals surface area contributed by atoms with Crippen molar-refractivity contribution in [2.75, 3.05) is 11.5 Å². The fraction of sp³-hybridized carbons (Fsp3) is 0.214. The van der Waals surface area contributed by atoms with Gasteiger partial charge in [-0.3, -0.25) is 14.5 Å². The summed E-state index contributed by atoms with van der Waals surface area (Å²) >= 11 is 0. The molecule has 6 heteroatoms. The van der Waals surface area contributed by atoms with Crippen LogP contribution in [0.1, 0.15) is 36.6 Å². The van der Waals surface area contributed by atoms with Gasteiger partial charge in [0, 0.05) is 11.3 Å². The standard InChI is InChI=1S/C28H26FNO4/c1-17(2)16-34-23-13-7-19(8-14-23)26(31)24-25(20-6-4-5-18(3)15-20)30(28(33)27(24)32)22-11-9-21(29)10-12-22/h4-15,17,25,31H,16H2,1-3H3/b26-24-. The molecule has 1 amide bonds. The second-order valence-corrected chi connectivity index (χ2v) is 8.79. The molecule has 4 rings (SSSR count). The van der Waals surface area contributed by atoms with Crippen molar-refractivity contribution in [2.45, 2.75) is 26.8 Å². The third kappa shape index (κ3) is 4.57. The molecule has 1 fully saturated rings. The molecule has 1 atom stereocenters. The first-order valence-corrected chi connectivity index (χ1v) is 11.1. The molecule has 1 heterocycles. The Morgan fingerprint density at radius 1 is 1.03 bits per heavy atom. The molecule has 1 aliphatic rings. The van der Waals surface area contributed by atoms with Crippen molar-refractivity contribution in [1.82, 2.24) is 0 Å². The van der Waals surface area contributed by atoms with Crippen molar-refractivity contribution in [3.8, 4) is 5.75 Å². The summed E-state index contributed by atoms with van der Waals surface area (Å²) in [6.45, 7) is 6.56. The molecule has 0 radical (unpaired) electrons. The largest absolute Gasteiger partial charge is 0.507 e. The first-order valence-electron chi connectivity index (χ1n) is 11.1. The Morgan fingerprint density at radius 3 is 2.32 bits per heavy atom. The molecule has 0 aromatic heterocycles. The molecule has 0 spiro atoms. The molecule has 3 aromatic rings. The van der Waals surface area contributed by atoms with E-state index in [9.17, 15) is 19.1 Å². The molecular weight excluding hydrogens is 433 g/mol. The lowest BCUT2D eigenvalue weighted by molar-refractivity contribution is -0.132. The van der Waals surface area contributed by atoms with E-state index >= 15 is 0 Å². The zero-order valence-electron chi connectivity index (χ0n) is 19.3. The monoisotopic (exact) mass is 459 g/mol. The lowest BCUT2D eigenvalue weighted by Gasteiger charge is -2.25. The van der Waals surface area contributed by atoms with Gasteiger partial charge in [-0.2, -0.15) is 0 Å². The SMILES string of the molecule is Cc1cccc(C2/C(=C(/O)c3ccc(OCC(C)C)cc3)C(=O)C(=O)N2c2ccc(F)cc2)c1. The van der Waals surface area contributed by atoms with E-state index in [-0.39, 0.29) is 11.3 Å². The Labute approximate surface area is 198 Å². The van der Waals surface area contributed by atoms with Gasteiger partial charge in [0.1, 0.15) is 17.3 Å². The van der Waals surface area contributed by atoms with Crippen molar-refractivity contribution in [3.05, 3.63) is 101 Å². The fourth-order valence-electron chi connectivity index (χ4n) is 3.98. The van der Waals surface area contributed by atoms with Crippen molar-refractivity contribution in [1.29, 1.82) is 0 Å². The maximum atomic E-state index is 13.5. The molecule has 1 N–H and O–H groups in total. The molecule has 1 aliphatic heterocycles. The van der Waals surface area contributed by atoms with Gasteiger partial charge < -0.3 is 9.84 Å². The number of Topliss-reactive ketones (excluding diaryl/α,β-unsaturated/α-hetero) is 1. The number of aryl methyl sites for hydroxylation is 1. The summed E-state index contributed by atoms with van der Waals surface area (Å²) in [6, 6.07) is 18.7. The van der Waals surface area contributed by atoms with Crippen LogP contribution in [-0.2, 0) is 9.59 Å². The van der Waals surface area contributed by atoms with Crippen LogP contribution in [0.3, 0.4) is 0 Å². The number of halogens is 1. The van der Waals surface area contributed by atoms with Crippen molar-refractivity contribution >= 4 is 23.1 Å². The maximum absolute atomic E-state index is 13.5. The van der Waals surface area contributed by atoms with E-state index in [1.165, 1.54) is 29.2 Å². The van der Waals surface area contributed by atoms with Crippen LogP contribution in [0.25, 0.3) is 5.76 Å². The second kappa shape index (κ2) is 9.51. The minimum Gasteiger partial charge on any atom is -0.507 e. The Balaban J connectivity index is 1.82. The smallest absolute Gasteiger partial charge is 0.300 e. The predicted octanol–water partition coefficient (Wildman–Crippen LogP) is 5.80. The van der Waals surface area contributed by atoms with E-state index < -0.39 is 23.5 Å². The summed E-state index contributed by atoms with van der Waals surface area (Å²) in [5, 5.41) is 11.2. The average molecular weight is 460 g/mol. The summed E-state index contributed by atoms with van der Waals surface area (Å²) in [7, 11) is 0. The molecule has 5 nitrogen and oxygen atoms in total. The molecule has 0 saturated carbocycles. The van der Waals surface area contributed by atoms with Gasteiger partial charge in [0.2, 0.25) is 0 Å². The van der Waals surface area contributed by atoms with Gasteiger partial charge in [0.15, 0.2) is 0 Å². The molecule has 1 saturated heterocycles. The van der Waals surface area contributed by atoms with Crippen molar-refractivity contribution < 1.29 is 23.8 Å². The number of rotatable bonds is 6. The van der Waals surface area contributed by atoms with Gasteiger partial charge >= 0.3 is 0 Å². The Hall–Kier alpha value is -3.93. The topological polar surface area (TPSA) is 66.8 Å². The lowest BCUT2D eigenvalue weighted by Crippen LogP contribution is -2.29. The summed E-state index contributed by atoms with van der Waals surface area (Å²) in [5.41, 5.74) is 2.35. The number of hydrogen-bond acceptors (Lipinski definition) is 4. The van der Waals surface area contributed by atoms with Crippen LogP contribution in [0, 0.1) is 18.7 Å². The zero-order chi connectivity index (χ0) is 24.4. The van der Waals surface area contributed by atoms with Gasteiger partial charge in [-0.15, -0.1) is 0 Å².